The van der Waals surface area contributed by atoms with Crippen LogP contribution < -0.4 is 10.1 Å². The molecule has 1 N–H and O–H groups in total. The molecule has 0 aliphatic carbocycles. The fraction of sp³-hybridized carbons (Fsp3) is 0.346. The van der Waals surface area contributed by atoms with Gasteiger partial charge in [0.25, 0.3) is 5.91 Å². The van der Waals surface area contributed by atoms with Crippen molar-refractivity contribution in [2.45, 2.75) is 38.5 Å². The SMILES string of the molecule is [2H]c1cc(OCc2ccc(CN3CCOCC3=O)cc2)c2c(c1[2H])C(=O)N(C1CCC(=C)NC1=O)C2([2H])[2H]. The number of ether oxygens (including phenoxy) is 2. The zero-order chi connectivity index (χ0) is 27.2. The summed E-state index contributed by atoms with van der Waals surface area (Å²) >= 11 is 0. The second-order valence-electron chi connectivity index (χ2n) is 8.44. The molecule has 3 heterocycles. The summed E-state index contributed by atoms with van der Waals surface area (Å²) in [6.45, 7) is 2.90. The van der Waals surface area contributed by atoms with E-state index in [0.29, 0.717) is 31.8 Å². The lowest BCUT2D eigenvalue weighted by Crippen LogP contribution is -2.49. The summed E-state index contributed by atoms with van der Waals surface area (Å²) in [7, 11) is 0. The lowest BCUT2D eigenvalue weighted by atomic mass is 10.0. The summed E-state index contributed by atoms with van der Waals surface area (Å²) < 4.78 is 45.1. The molecular weight excluding hydrogens is 434 g/mol. The lowest BCUT2D eigenvalue weighted by Gasteiger charge is -2.31. The zero-order valence-corrected chi connectivity index (χ0v) is 18.6. The number of morpholine rings is 1. The van der Waals surface area contributed by atoms with Gasteiger partial charge in [-0.25, -0.2) is 0 Å². The molecule has 3 amide bonds. The molecule has 8 nitrogen and oxygen atoms in total. The predicted molar refractivity (Wildman–Crippen MR) is 124 cm³/mol. The summed E-state index contributed by atoms with van der Waals surface area (Å²) in [5.41, 5.74) is 1.77. The van der Waals surface area contributed by atoms with E-state index < -0.39 is 30.4 Å². The van der Waals surface area contributed by atoms with E-state index in [-0.39, 0.29) is 48.5 Å². The second-order valence-corrected chi connectivity index (χ2v) is 8.44. The molecule has 0 saturated carbocycles. The lowest BCUT2D eigenvalue weighted by molar-refractivity contribution is -0.143. The third kappa shape index (κ3) is 4.41. The van der Waals surface area contributed by atoms with Crippen LogP contribution in [0.5, 0.6) is 5.75 Å². The highest BCUT2D eigenvalue weighted by Crippen LogP contribution is 2.34. The number of carbonyl (C=O) groups excluding carboxylic acids is 3. The van der Waals surface area contributed by atoms with Crippen LogP contribution >= 0.6 is 0 Å². The van der Waals surface area contributed by atoms with Gasteiger partial charge in [0.15, 0.2) is 0 Å². The number of nitrogens with one attached hydrogen (secondary N) is 1. The van der Waals surface area contributed by atoms with Gasteiger partial charge in [-0.2, -0.15) is 0 Å². The van der Waals surface area contributed by atoms with E-state index in [2.05, 4.69) is 11.9 Å². The molecule has 5 rings (SSSR count). The van der Waals surface area contributed by atoms with E-state index in [0.717, 1.165) is 16.0 Å². The van der Waals surface area contributed by atoms with Gasteiger partial charge in [-0.15, -0.1) is 0 Å². The van der Waals surface area contributed by atoms with Crippen molar-refractivity contribution >= 4 is 17.7 Å². The van der Waals surface area contributed by atoms with Crippen LogP contribution in [0, 0.1) is 0 Å². The van der Waals surface area contributed by atoms with Gasteiger partial charge < -0.3 is 24.6 Å². The first-order valence-electron chi connectivity index (χ1n) is 13.1. The monoisotopic (exact) mass is 465 g/mol. The van der Waals surface area contributed by atoms with Crippen LogP contribution in [0.4, 0.5) is 0 Å². The summed E-state index contributed by atoms with van der Waals surface area (Å²) in [6, 6.07) is 6.85. The quantitative estimate of drug-likeness (QED) is 0.708. The minimum atomic E-state index is -2.43. The van der Waals surface area contributed by atoms with Crippen LogP contribution in [0.2, 0.25) is 0 Å². The summed E-state index contributed by atoms with van der Waals surface area (Å²) in [5.74, 6) is -1.44. The van der Waals surface area contributed by atoms with E-state index in [9.17, 15) is 14.4 Å². The number of piperidine rings is 1. The van der Waals surface area contributed by atoms with E-state index in [1.165, 1.54) is 6.07 Å². The van der Waals surface area contributed by atoms with Gasteiger partial charge in [0, 0.05) is 29.9 Å². The summed E-state index contributed by atoms with van der Waals surface area (Å²) in [5, 5.41) is 2.57. The second kappa shape index (κ2) is 9.30. The Balaban J connectivity index is 1.37. The van der Waals surface area contributed by atoms with Gasteiger partial charge in [-0.05, 0) is 36.1 Å². The van der Waals surface area contributed by atoms with Crippen molar-refractivity contribution in [3.63, 3.8) is 0 Å². The third-order valence-corrected chi connectivity index (χ3v) is 6.07. The van der Waals surface area contributed by atoms with Gasteiger partial charge in [-0.3, -0.25) is 14.4 Å². The predicted octanol–water partition coefficient (Wildman–Crippen LogP) is 2.37. The van der Waals surface area contributed by atoms with E-state index in [1.54, 1.807) is 4.90 Å². The fourth-order valence-corrected chi connectivity index (χ4v) is 4.18. The minimum absolute atomic E-state index is 0.0218. The molecule has 0 aromatic heterocycles. The summed E-state index contributed by atoms with van der Waals surface area (Å²) in [4.78, 5) is 40.5. The molecule has 2 aromatic carbocycles. The van der Waals surface area contributed by atoms with Gasteiger partial charge >= 0.3 is 0 Å². The van der Waals surface area contributed by atoms with Crippen LogP contribution in [-0.4, -0.2) is 53.3 Å². The first-order valence-corrected chi connectivity index (χ1v) is 11.1. The molecule has 2 fully saturated rings. The Morgan fingerprint density at radius 1 is 1.21 bits per heavy atom. The van der Waals surface area contributed by atoms with Crippen molar-refractivity contribution in [1.29, 1.82) is 0 Å². The first-order chi connectivity index (χ1) is 18.1. The number of benzene rings is 2. The van der Waals surface area contributed by atoms with Gasteiger partial charge in [0.2, 0.25) is 11.8 Å². The molecule has 0 spiro atoms. The normalized spacial score (nSPS) is 23.6. The van der Waals surface area contributed by atoms with Crippen molar-refractivity contribution in [2.75, 3.05) is 19.8 Å². The Bertz CT molecular complexity index is 1330. The first kappa shape index (κ1) is 17.8. The van der Waals surface area contributed by atoms with Crippen LogP contribution in [0.1, 0.15) is 45.4 Å². The molecule has 2 aromatic rings. The number of carbonyl (C=O) groups is 3. The molecule has 0 bridgehead atoms. The molecule has 8 heteroatoms. The Morgan fingerprint density at radius 3 is 2.76 bits per heavy atom. The van der Waals surface area contributed by atoms with Crippen LogP contribution in [-0.2, 0) is 34.0 Å². The van der Waals surface area contributed by atoms with Crippen LogP contribution in [0.3, 0.4) is 0 Å². The molecule has 3 aliphatic heterocycles. The molecule has 1 unspecified atom stereocenters. The van der Waals surface area contributed by atoms with E-state index >= 15 is 0 Å². The number of allylic oxidation sites excluding steroid dienone is 1. The van der Waals surface area contributed by atoms with Crippen molar-refractivity contribution in [1.82, 2.24) is 15.1 Å². The van der Waals surface area contributed by atoms with E-state index in [4.69, 9.17) is 15.0 Å². The smallest absolute Gasteiger partial charge is 0.255 e. The zero-order valence-electron chi connectivity index (χ0n) is 22.6. The molecule has 2 saturated heterocycles. The molecule has 34 heavy (non-hydrogen) atoms. The third-order valence-electron chi connectivity index (χ3n) is 6.07. The largest absolute Gasteiger partial charge is 0.489 e. The maximum Gasteiger partial charge on any atom is 0.255 e. The van der Waals surface area contributed by atoms with Crippen molar-refractivity contribution in [3.8, 4) is 5.75 Å². The molecular formula is C26H27N3O5. The maximum atomic E-state index is 13.4. The maximum absolute atomic E-state index is 13.4. The van der Waals surface area contributed by atoms with Crippen LogP contribution in [0.25, 0.3) is 0 Å². The number of nitrogens with zero attached hydrogens (tertiary/aromatic N) is 2. The minimum Gasteiger partial charge on any atom is -0.489 e. The van der Waals surface area contributed by atoms with Crippen LogP contribution in [0.15, 0.2) is 54.7 Å². The average Bonchev–Trinajstić information content (AvgIpc) is 3.08. The highest BCUT2D eigenvalue weighted by Gasteiger charge is 2.39. The number of hydrogen-bond acceptors (Lipinski definition) is 5. The Hall–Kier alpha value is -3.65. The van der Waals surface area contributed by atoms with Crippen molar-refractivity contribution in [2.24, 2.45) is 0 Å². The number of rotatable bonds is 6. The number of fused-ring (bicyclic) bond motifs is 1. The number of hydrogen-bond donors (Lipinski definition) is 1. The Kier molecular flexibility index (Phi) is 4.86. The molecule has 1 atom stereocenters. The van der Waals surface area contributed by atoms with E-state index in [1.807, 2.05) is 24.3 Å². The molecule has 0 radical (unpaired) electrons. The van der Waals surface area contributed by atoms with Crippen molar-refractivity contribution in [3.05, 3.63) is 76.9 Å². The standard InChI is InChI=1S/C26H27N3O5/c1-17-5-10-22(25(31)27-17)29-14-21-20(26(29)32)3-2-4-23(21)34-15-19-8-6-18(7-9-19)13-28-11-12-33-16-24(28)30/h2-4,6-9,22H,1,5,10-16H2,(H,27,31)/i2D,3D,14D2. The topological polar surface area (TPSA) is 88.2 Å². The van der Waals surface area contributed by atoms with Crippen molar-refractivity contribution < 1.29 is 29.3 Å². The fourth-order valence-electron chi connectivity index (χ4n) is 4.18. The highest BCUT2D eigenvalue weighted by molar-refractivity contribution is 6.02. The molecule has 3 aliphatic rings. The van der Waals surface area contributed by atoms with Gasteiger partial charge in [-0.1, -0.05) is 36.9 Å². The Morgan fingerprint density at radius 2 is 2.00 bits per heavy atom. The summed E-state index contributed by atoms with van der Waals surface area (Å²) in [6.07, 6.45) is 0.590. The van der Waals surface area contributed by atoms with Gasteiger partial charge in [0.05, 0.1) is 18.6 Å². The van der Waals surface area contributed by atoms with Gasteiger partial charge in [0.1, 0.15) is 25.0 Å². The Labute approximate surface area is 203 Å². The highest BCUT2D eigenvalue weighted by atomic mass is 16.5. The average molecular weight is 466 g/mol. The number of amides is 3. The molecule has 176 valence electrons.